The number of nitrogens with zero attached hydrogens (tertiary/aromatic N) is 5. The smallest absolute Gasteiger partial charge is 0.154 e. The van der Waals surface area contributed by atoms with Gasteiger partial charge in [-0.25, -0.2) is 9.50 Å². The van der Waals surface area contributed by atoms with Gasteiger partial charge in [-0.1, -0.05) is 12.1 Å². The van der Waals surface area contributed by atoms with Crippen LogP contribution in [0.1, 0.15) is 19.4 Å². The van der Waals surface area contributed by atoms with Gasteiger partial charge in [-0.2, -0.15) is 5.26 Å². The molecule has 3 heterocycles. The zero-order valence-electron chi connectivity index (χ0n) is 14.3. The van der Waals surface area contributed by atoms with Gasteiger partial charge in [-0.15, -0.1) is 5.10 Å². The molecule has 2 aromatic heterocycles. The van der Waals surface area contributed by atoms with Crippen LogP contribution in [-0.2, 0) is 4.74 Å². The molecule has 3 aromatic rings. The molecular weight excluding hydrogens is 314 g/mol. The van der Waals surface area contributed by atoms with E-state index in [0.29, 0.717) is 5.56 Å². The molecule has 0 amide bonds. The van der Waals surface area contributed by atoms with Gasteiger partial charge in [0, 0.05) is 18.7 Å². The van der Waals surface area contributed by atoms with Gasteiger partial charge in [0.1, 0.15) is 5.82 Å². The summed E-state index contributed by atoms with van der Waals surface area (Å²) >= 11 is 0. The summed E-state index contributed by atoms with van der Waals surface area (Å²) in [5.41, 5.74) is 3.34. The fourth-order valence-electron chi connectivity index (χ4n) is 3.31. The molecule has 1 aliphatic rings. The molecule has 1 aliphatic heterocycles. The second-order valence-electron chi connectivity index (χ2n) is 6.46. The summed E-state index contributed by atoms with van der Waals surface area (Å²) in [5, 5.41) is 13.8. The molecule has 1 fully saturated rings. The van der Waals surface area contributed by atoms with Gasteiger partial charge in [-0.05, 0) is 38.1 Å². The minimum Gasteiger partial charge on any atom is -0.372 e. The Morgan fingerprint density at radius 1 is 1.08 bits per heavy atom. The van der Waals surface area contributed by atoms with Gasteiger partial charge >= 0.3 is 0 Å². The van der Waals surface area contributed by atoms with Crippen molar-refractivity contribution in [1.82, 2.24) is 14.6 Å². The van der Waals surface area contributed by atoms with Crippen molar-refractivity contribution < 1.29 is 4.74 Å². The topological polar surface area (TPSA) is 66.5 Å². The fraction of sp³-hybridized carbons (Fsp3) is 0.316. The minimum absolute atomic E-state index is 0.182. The van der Waals surface area contributed by atoms with Crippen molar-refractivity contribution in [2.24, 2.45) is 0 Å². The maximum Gasteiger partial charge on any atom is 0.154 e. The van der Waals surface area contributed by atoms with Gasteiger partial charge in [0.2, 0.25) is 0 Å². The van der Waals surface area contributed by atoms with Crippen LogP contribution in [0.4, 0.5) is 5.82 Å². The monoisotopic (exact) mass is 333 g/mol. The van der Waals surface area contributed by atoms with Gasteiger partial charge in [-0.3, -0.25) is 0 Å². The van der Waals surface area contributed by atoms with E-state index < -0.39 is 0 Å². The van der Waals surface area contributed by atoms with Crippen molar-refractivity contribution in [3.63, 3.8) is 0 Å². The van der Waals surface area contributed by atoms with Crippen LogP contribution >= 0.6 is 0 Å². The summed E-state index contributed by atoms with van der Waals surface area (Å²) in [5.74, 6) is 0.919. The summed E-state index contributed by atoms with van der Waals surface area (Å²) < 4.78 is 7.67. The lowest BCUT2D eigenvalue weighted by Crippen LogP contribution is -2.46. The number of nitriles is 1. The van der Waals surface area contributed by atoms with Crippen molar-refractivity contribution in [3.05, 3.63) is 48.2 Å². The predicted octanol–water partition coefficient (Wildman–Crippen LogP) is 2.88. The van der Waals surface area contributed by atoms with Crippen LogP contribution in [-0.4, -0.2) is 39.9 Å². The molecule has 0 saturated carbocycles. The first kappa shape index (κ1) is 15.6. The van der Waals surface area contributed by atoms with E-state index >= 15 is 0 Å². The van der Waals surface area contributed by atoms with Crippen molar-refractivity contribution in [2.75, 3.05) is 18.0 Å². The number of hydrogen-bond donors (Lipinski definition) is 0. The number of fused-ring (bicyclic) bond motifs is 1. The van der Waals surface area contributed by atoms with E-state index in [0.717, 1.165) is 35.8 Å². The molecular formula is C19H19N5O. The quantitative estimate of drug-likeness (QED) is 0.721. The zero-order chi connectivity index (χ0) is 17.4. The maximum absolute atomic E-state index is 8.96. The molecule has 2 atom stereocenters. The summed E-state index contributed by atoms with van der Waals surface area (Å²) in [6.45, 7) is 5.81. The molecule has 0 radical (unpaired) electrons. The van der Waals surface area contributed by atoms with Crippen molar-refractivity contribution >= 4 is 11.5 Å². The van der Waals surface area contributed by atoms with Crippen LogP contribution in [0.2, 0.25) is 0 Å². The molecule has 0 N–H and O–H groups in total. The summed E-state index contributed by atoms with van der Waals surface area (Å²) in [4.78, 5) is 6.70. The van der Waals surface area contributed by atoms with Crippen LogP contribution in [0.3, 0.4) is 0 Å². The van der Waals surface area contributed by atoms with Crippen molar-refractivity contribution in [2.45, 2.75) is 26.1 Å². The highest BCUT2D eigenvalue weighted by atomic mass is 16.5. The van der Waals surface area contributed by atoms with Crippen molar-refractivity contribution in [1.29, 1.82) is 5.26 Å². The SMILES string of the molecule is C[C@@H]1CN(c2ccc3ncc(-c4ccc(C#N)cc4)n3n2)C[C@H](C)O1. The molecule has 0 bridgehead atoms. The fourth-order valence-corrected chi connectivity index (χ4v) is 3.31. The van der Waals surface area contributed by atoms with Crippen LogP contribution in [0.25, 0.3) is 16.9 Å². The van der Waals surface area contributed by atoms with Gasteiger partial charge in [0.05, 0.1) is 35.7 Å². The van der Waals surface area contributed by atoms with Crippen molar-refractivity contribution in [3.8, 4) is 17.3 Å². The molecule has 6 nitrogen and oxygen atoms in total. The Morgan fingerprint density at radius 2 is 1.80 bits per heavy atom. The zero-order valence-corrected chi connectivity index (χ0v) is 14.3. The molecule has 6 heteroatoms. The number of hydrogen-bond acceptors (Lipinski definition) is 5. The predicted molar refractivity (Wildman–Crippen MR) is 95.4 cm³/mol. The van der Waals surface area contributed by atoms with Gasteiger partial charge < -0.3 is 9.64 Å². The number of rotatable bonds is 2. The van der Waals surface area contributed by atoms with Gasteiger partial charge in [0.25, 0.3) is 0 Å². The molecule has 1 saturated heterocycles. The van der Waals surface area contributed by atoms with Crippen LogP contribution in [0, 0.1) is 11.3 Å². The van der Waals surface area contributed by atoms with Gasteiger partial charge in [0.15, 0.2) is 5.65 Å². The third-order valence-electron chi connectivity index (χ3n) is 4.40. The van der Waals surface area contributed by atoms with Crippen LogP contribution in [0.5, 0.6) is 0 Å². The summed E-state index contributed by atoms with van der Waals surface area (Å²) in [6, 6.07) is 13.6. The first-order chi connectivity index (χ1) is 12.1. The first-order valence-corrected chi connectivity index (χ1v) is 8.40. The van der Waals surface area contributed by atoms with E-state index in [-0.39, 0.29) is 12.2 Å². The molecule has 4 rings (SSSR count). The standard InChI is InChI=1S/C19H19N5O/c1-13-11-23(12-14(2)25-13)19-8-7-18-21-10-17(24(18)22-19)16-5-3-15(9-20)4-6-16/h3-8,10,13-14H,11-12H2,1-2H3/t13-,14+. The normalized spacial score (nSPS) is 20.6. The number of aromatic nitrogens is 3. The third kappa shape index (κ3) is 2.94. The molecule has 25 heavy (non-hydrogen) atoms. The Labute approximate surface area is 146 Å². The van der Waals surface area contributed by atoms with E-state index in [1.807, 2.05) is 47.1 Å². The number of ether oxygens (including phenoxy) is 1. The lowest BCUT2D eigenvalue weighted by molar-refractivity contribution is -0.00551. The maximum atomic E-state index is 8.96. The number of morpholine rings is 1. The highest BCUT2D eigenvalue weighted by Gasteiger charge is 2.23. The minimum atomic E-state index is 0.182. The summed E-state index contributed by atoms with van der Waals surface area (Å²) in [6.07, 6.45) is 2.18. The summed E-state index contributed by atoms with van der Waals surface area (Å²) in [7, 11) is 0. The van der Waals surface area contributed by atoms with Crippen LogP contribution < -0.4 is 4.90 Å². The highest BCUT2D eigenvalue weighted by Crippen LogP contribution is 2.23. The number of benzene rings is 1. The largest absolute Gasteiger partial charge is 0.372 e. The average molecular weight is 333 g/mol. The van der Waals surface area contributed by atoms with E-state index in [2.05, 4.69) is 29.8 Å². The average Bonchev–Trinajstić information content (AvgIpc) is 3.04. The van der Waals surface area contributed by atoms with E-state index in [1.54, 1.807) is 0 Å². The molecule has 0 unspecified atom stereocenters. The highest BCUT2D eigenvalue weighted by molar-refractivity contribution is 5.64. The Balaban J connectivity index is 1.73. The lowest BCUT2D eigenvalue weighted by Gasteiger charge is -2.35. The molecule has 126 valence electrons. The van der Waals surface area contributed by atoms with E-state index in [4.69, 9.17) is 15.1 Å². The Bertz CT molecular complexity index is 931. The first-order valence-electron chi connectivity index (χ1n) is 8.40. The van der Waals surface area contributed by atoms with E-state index in [9.17, 15) is 0 Å². The Morgan fingerprint density at radius 3 is 2.48 bits per heavy atom. The second kappa shape index (κ2) is 6.19. The third-order valence-corrected chi connectivity index (χ3v) is 4.40. The molecule has 1 aromatic carbocycles. The Hall–Kier alpha value is -2.91. The number of imidazole rings is 1. The molecule has 0 spiro atoms. The van der Waals surface area contributed by atoms with E-state index in [1.165, 1.54) is 0 Å². The lowest BCUT2D eigenvalue weighted by atomic mass is 10.1. The van der Waals surface area contributed by atoms with Crippen LogP contribution in [0.15, 0.2) is 42.6 Å². The Kier molecular flexibility index (Phi) is 3.86. The number of anilines is 1. The second-order valence-corrected chi connectivity index (χ2v) is 6.46. The molecule has 0 aliphatic carbocycles.